The molecular formula is C12H11FN2O2S. The molecule has 0 fully saturated rings. The smallest absolute Gasteiger partial charge is 0.349 e. The van der Waals surface area contributed by atoms with Crippen molar-refractivity contribution >= 4 is 23.4 Å². The van der Waals surface area contributed by atoms with Gasteiger partial charge in [-0.05, 0) is 36.9 Å². The Morgan fingerprint density at radius 2 is 2.22 bits per heavy atom. The number of hydrogen-bond acceptors (Lipinski definition) is 4. The van der Waals surface area contributed by atoms with Crippen LogP contribution < -0.4 is 5.32 Å². The molecule has 4 nitrogen and oxygen atoms in total. The normalized spacial score (nSPS) is 11.4. The summed E-state index contributed by atoms with van der Waals surface area (Å²) in [5.74, 6) is -1.67. The molecule has 1 aromatic rings. The Bertz CT molecular complexity index is 549. The highest BCUT2D eigenvalue weighted by Crippen LogP contribution is 2.23. The predicted molar refractivity (Wildman–Crippen MR) is 68.5 cm³/mol. The number of anilines is 1. The summed E-state index contributed by atoms with van der Waals surface area (Å²) in [4.78, 5) is 10.9. The van der Waals surface area contributed by atoms with E-state index in [0.717, 1.165) is 11.8 Å². The summed E-state index contributed by atoms with van der Waals surface area (Å²) in [6.07, 6.45) is 1.65. The van der Waals surface area contributed by atoms with Crippen molar-refractivity contribution < 1.29 is 14.3 Å². The van der Waals surface area contributed by atoms with Gasteiger partial charge >= 0.3 is 5.97 Å². The predicted octanol–water partition coefficient (Wildman–Crippen LogP) is 2.73. The summed E-state index contributed by atoms with van der Waals surface area (Å²) in [6.45, 7) is 1.69. The highest BCUT2D eigenvalue weighted by Gasteiger charge is 2.14. The van der Waals surface area contributed by atoms with Gasteiger partial charge in [0, 0.05) is 5.69 Å². The molecule has 1 rings (SSSR count). The number of benzene rings is 1. The molecule has 0 heterocycles. The summed E-state index contributed by atoms with van der Waals surface area (Å²) >= 11 is 1.11. The Morgan fingerprint density at radius 1 is 1.56 bits per heavy atom. The van der Waals surface area contributed by atoms with Gasteiger partial charge in [-0.15, -0.1) is 11.8 Å². The molecule has 0 bridgehead atoms. The molecule has 1 aromatic carbocycles. The molecule has 0 saturated carbocycles. The second kappa shape index (κ2) is 6.07. The van der Waals surface area contributed by atoms with Crippen molar-refractivity contribution in [2.75, 3.05) is 11.6 Å². The number of carboxylic acid groups (broad SMARTS) is 1. The van der Waals surface area contributed by atoms with E-state index in [0.29, 0.717) is 11.3 Å². The molecule has 2 N–H and O–H groups in total. The molecule has 0 saturated heterocycles. The first kappa shape index (κ1) is 14.1. The molecule has 0 radical (unpaired) electrons. The minimum absolute atomic E-state index is 0.222. The number of hydrogen-bond donors (Lipinski definition) is 2. The number of aliphatic carboxylic acids is 1. The SMILES string of the molecule is CSC(Nc1ccc(F)cc1C)=C(C#N)C(=O)O. The van der Waals surface area contributed by atoms with Crippen molar-refractivity contribution in [2.24, 2.45) is 0 Å². The molecule has 0 aromatic heterocycles. The van der Waals surface area contributed by atoms with Crippen molar-refractivity contribution in [3.63, 3.8) is 0 Å². The number of carboxylic acids is 1. The Labute approximate surface area is 108 Å². The number of carbonyl (C=O) groups is 1. The Morgan fingerprint density at radius 3 is 2.67 bits per heavy atom. The molecule has 0 atom stereocenters. The highest BCUT2D eigenvalue weighted by molar-refractivity contribution is 8.02. The number of halogens is 1. The van der Waals surface area contributed by atoms with Crippen LogP contribution in [-0.2, 0) is 4.79 Å². The van der Waals surface area contributed by atoms with Gasteiger partial charge in [0.05, 0.1) is 5.03 Å². The van der Waals surface area contributed by atoms with Crippen LogP contribution in [0.5, 0.6) is 0 Å². The molecule has 0 spiro atoms. The lowest BCUT2D eigenvalue weighted by atomic mass is 10.2. The molecule has 0 aliphatic heterocycles. The van der Waals surface area contributed by atoms with E-state index in [9.17, 15) is 9.18 Å². The number of rotatable bonds is 4. The zero-order valence-electron chi connectivity index (χ0n) is 9.82. The number of nitriles is 1. The lowest BCUT2D eigenvalue weighted by Gasteiger charge is -2.11. The fourth-order valence-corrected chi connectivity index (χ4v) is 1.85. The highest BCUT2D eigenvalue weighted by atomic mass is 32.2. The fourth-order valence-electron chi connectivity index (χ4n) is 1.30. The van der Waals surface area contributed by atoms with E-state index in [1.165, 1.54) is 18.2 Å². The van der Waals surface area contributed by atoms with E-state index in [1.54, 1.807) is 19.2 Å². The van der Waals surface area contributed by atoms with Gasteiger partial charge in [-0.2, -0.15) is 5.26 Å². The molecule has 0 aliphatic rings. The van der Waals surface area contributed by atoms with Gasteiger partial charge in [0.1, 0.15) is 11.9 Å². The zero-order valence-corrected chi connectivity index (χ0v) is 10.6. The maximum atomic E-state index is 12.9. The largest absolute Gasteiger partial charge is 0.477 e. The van der Waals surface area contributed by atoms with E-state index in [4.69, 9.17) is 10.4 Å². The summed E-state index contributed by atoms with van der Waals surface area (Å²) < 4.78 is 12.9. The first-order valence-electron chi connectivity index (χ1n) is 4.94. The summed E-state index contributed by atoms with van der Waals surface area (Å²) in [5, 5.41) is 20.7. The second-order valence-corrected chi connectivity index (χ2v) is 4.23. The summed E-state index contributed by atoms with van der Waals surface area (Å²) in [6, 6.07) is 5.71. The average Bonchev–Trinajstić information content (AvgIpc) is 2.31. The molecule has 6 heteroatoms. The van der Waals surface area contributed by atoms with E-state index >= 15 is 0 Å². The maximum Gasteiger partial charge on any atom is 0.349 e. The maximum absolute atomic E-state index is 12.9. The van der Waals surface area contributed by atoms with E-state index in [-0.39, 0.29) is 16.4 Å². The Balaban J connectivity index is 3.15. The van der Waals surface area contributed by atoms with Gasteiger partial charge in [0.2, 0.25) is 0 Å². The molecule has 18 heavy (non-hydrogen) atoms. The van der Waals surface area contributed by atoms with Crippen molar-refractivity contribution in [2.45, 2.75) is 6.92 Å². The zero-order chi connectivity index (χ0) is 13.7. The van der Waals surface area contributed by atoms with Crippen LogP contribution in [0.3, 0.4) is 0 Å². The topological polar surface area (TPSA) is 73.1 Å². The lowest BCUT2D eigenvalue weighted by Crippen LogP contribution is -2.08. The van der Waals surface area contributed by atoms with Crippen LogP contribution in [0.2, 0.25) is 0 Å². The Hall–Kier alpha value is -2.00. The van der Waals surface area contributed by atoms with Crippen LogP contribution in [0.4, 0.5) is 10.1 Å². The molecule has 94 valence electrons. The number of nitrogens with zero attached hydrogens (tertiary/aromatic N) is 1. The first-order valence-corrected chi connectivity index (χ1v) is 6.17. The molecule has 0 aliphatic carbocycles. The van der Waals surface area contributed by atoms with Crippen LogP contribution in [0.15, 0.2) is 28.8 Å². The van der Waals surface area contributed by atoms with Gasteiger partial charge in [-0.3, -0.25) is 0 Å². The Kier molecular flexibility index (Phi) is 4.75. The molecule has 0 unspecified atom stereocenters. The molecule has 0 amide bonds. The standard InChI is InChI=1S/C12H11FN2O2S/c1-7-5-8(13)3-4-10(7)15-11(18-2)9(6-14)12(16)17/h3-5,15H,1-2H3,(H,16,17). The minimum Gasteiger partial charge on any atom is -0.477 e. The lowest BCUT2D eigenvalue weighted by molar-refractivity contribution is -0.132. The third-order valence-corrected chi connectivity index (χ3v) is 2.91. The van der Waals surface area contributed by atoms with Gasteiger partial charge in [0.15, 0.2) is 5.57 Å². The van der Waals surface area contributed by atoms with Gasteiger partial charge in [-0.25, -0.2) is 9.18 Å². The van der Waals surface area contributed by atoms with Crippen LogP contribution in [0.1, 0.15) is 5.56 Å². The van der Waals surface area contributed by atoms with Crippen molar-refractivity contribution in [3.05, 3.63) is 40.2 Å². The quantitative estimate of drug-likeness (QED) is 0.647. The van der Waals surface area contributed by atoms with Gasteiger partial charge < -0.3 is 10.4 Å². The van der Waals surface area contributed by atoms with Gasteiger partial charge in [0.25, 0.3) is 0 Å². The molecular weight excluding hydrogens is 255 g/mol. The van der Waals surface area contributed by atoms with Crippen molar-refractivity contribution in [1.82, 2.24) is 0 Å². The van der Waals surface area contributed by atoms with Crippen molar-refractivity contribution in [3.8, 4) is 6.07 Å². The van der Waals surface area contributed by atoms with Crippen LogP contribution in [0.25, 0.3) is 0 Å². The van der Waals surface area contributed by atoms with E-state index in [2.05, 4.69) is 5.32 Å². The number of aryl methyl sites for hydroxylation is 1. The summed E-state index contributed by atoms with van der Waals surface area (Å²) in [5.41, 5.74) is 0.824. The van der Waals surface area contributed by atoms with E-state index in [1.807, 2.05) is 0 Å². The third kappa shape index (κ3) is 3.25. The first-order chi connectivity index (χ1) is 8.49. The average molecular weight is 266 g/mol. The van der Waals surface area contributed by atoms with Crippen LogP contribution >= 0.6 is 11.8 Å². The summed E-state index contributed by atoms with van der Waals surface area (Å²) in [7, 11) is 0. The van der Waals surface area contributed by atoms with Crippen molar-refractivity contribution in [1.29, 1.82) is 5.26 Å². The minimum atomic E-state index is -1.30. The van der Waals surface area contributed by atoms with Crippen LogP contribution in [-0.4, -0.2) is 17.3 Å². The van der Waals surface area contributed by atoms with E-state index < -0.39 is 5.97 Å². The van der Waals surface area contributed by atoms with Crippen LogP contribution in [0, 0.1) is 24.1 Å². The van der Waals surface area contributed by atoms with Gasteiger partial charge in [-0.1, -0.05) is 0 Å². The number of nitrogens with one attached hydrogen (secondary N) is 1. The monoisotopic (exact) mass is 266 g/mol. The number of thioether (sulfide) groups is 1. The second-order valence-electron chi connectivity index (χ2n) is 3.41. The fraction of sp³-hybridized carbons (Fsp3) is 0.167. The third-order valence-electron chi connectivity index (χ3n) is 2.19.